The van der Waals surface area contributed by atoms with Crippen LogP contribution >= 0.6 is 0 Å². The molecule has 2 aromatic heterocycles. The fourth-order valence-corrected chi connectivity index (χ4v) is 4.11. The van der Waals surface area contributed by atoms with Gasteiger partial charge in [-0.25, -0.2) is 0 Å². The molecule has 5 rings (SSSR count). The Morgan fingerprint density at radius 2 is 1.92 bits per heavy atom. The standard InChI is InChI=1S/C19H18N4O2/c24-19(14-8-9-25-12-14)23-15-6-7-16(23)11-22-17(10-15)20-21-18(22)13-4-2-1-3-5-13/h1-5,8-9,12,15-16H,6-7,10-11H2. The lowest BCUT2D eigenvalue weighted by Gasteiger charge is -2.27. The summed E-state index contributed by atoms with van der Waals surface area (Å²) in [6.07, 6.45) is 5.86. The first kappa shape index (κ1) is 14.5. The van der Waals surface area contributed by atoms with Gasteiger partial charge in [-0.15, -0.1) is 10.2 Å². The molecule has 2 atom stereocenters. The number of benzene rings is 1. The molecule has 1 amide bonds. The zero-order chi connectivity index (χ0) is 16.8. The number of furan rings is 1. The van der Waals surface area contributed by atoms with Crippen molar-refractivity contribution in [2.45, 2.75) is 37.9 Å². The van der Waals surface area contributed by atoms with Gasteiger partial charge in [0.05, 0.1) is 17.9 Å². The number of amides is 1. The Kier molecular flexibility index (Phi) is 3.23. The van der Waals surface area contributed by atoms with Crippen LogP contribution in [0, 0.1) is 0 Å². The van der Waals surface area contributed by atoms with Crippen LogP contribution in [0.2, 0.25) is 0 Å². The number of nitrogens with zero attached hydrogens (tertiary/aromatic N) is 4. The van der Waals surface area contributed by atoms with Gasteiger partial charge >= 0.3 is 0 Å². The normalized spacial score (nSPS) is 21.8. The van der Waals surface area contributed by atoms with Gasteiger partial charge in [0.25, 0.3) is 5.91 Å². The van der Waals surface area contributed by atoms with Crippen molar-refractivity contribution in [2.75, 3.05) is 0 Å². The Hall–Kier alpha value is -2.89. The molecule has 4 heterocycles. The topological polar surface area (TPSA) is 64.2 Å². The van der Waals surface area contributed by atoms with Gasteiger partial charge in [0.1, 0.15) is 12.1 Å². The fraction of sp³-hybridized carbons (Fsp3) is 0.316. The second-order valence-electron chi connectivity index (χ2n) is 6.73. The van der Waals surface area contributed by atoms with Crippen molar-refractivity contribution in [3.05, 3.63) is 60.3 Å². The van der Waals surface area contributed by atoms with E-state index in [0.29, 0.717) is 5.56 Å². The van der Waals surface area contributed by atoms with Crippen molar-refractivity contribution >= 4 is 5.91 Å². The predicted molar refractivity (Wildman–Crippen MR) is 90.8 cm³/mol. The third-order valence-corrected chi connectivity index (χ3v) is 5.29. The van der Waals surface area contributed by atoms with E-state index < -0.39 is 0 Å². The number of carbonyl (C=O) groups excluding carboxylic acids is 1. The van der Waals surface area contributed by atoms with Crippen LogP contribution in [0.15, 0.2) is 53.3 Å². The highest BCUT2D eigenvalue weighted by Crippen LogP contribution is 2.34. The molecule has 0 saturated carbocycles. The van der Waals surface area contributed by atoms with Crippen LogP contribution < -0.4 is 0 Å². The van der Waals surface area contributed by atoms with E-state index in [2.05, 4.69) is 26.9 Å². The summed E-state index contributed by atoms with van der Waals surface area (Å²) in [5.41, 5.74) is 1.68. The van der Waals surface area contributed by atoms with Crippen molar-refractivity contribution in [3.8, 4) is 11.4 Å². The molecule has 2 aliphatic rings. The minimum Gasteiger partial charge on any atom is -0.472 e. The number of aromatic nitrogens is 3. The highest BCUT2D eigenvalue weighted by molar-refractivity contribution is 5.94. The van der Waals surface area contributed by atoms with E-state index in [1.165, 1.54) is 6.26 Å². The Bertz CT molecular complexity index is 901. The average Bonchev–Trinajstić information content (AvgIpc) is 3.35. The Morgan fingerprint density at radius 1 is 1.08 bits per heavy atom. The van der Waals surface area contributed by atoms with Crippen LogP contribution in [0.3, 0.4) is 0 Å². The summed E-state index contributed by atoms with van der Waals surface area (Å²) in [6.45, 7) is 0.743. The molecule has 0 aliphatic carbocycles. The summed E-state index contributed by atoms with van der Waals surface area (Å²) in [5.74, 6) is 1.91. The molecule has 1 aromatic carbocycles. The van der Waals surface area contributed by atoms with Crippen molar-refractivity contribution in [1.29, 1.82) is 0 Å². The summed E-state index contributed by atoms with van der Waals surface area (Å²) in [6, 6.07) is 12.2. The van der Waals surface area contributed by atoms with E-state index in [4.69, 9.17) is 4.42 Å². The van der Waals surface area contributed by atoms with Crippen LogP contribution in [0.5, 0.6) is 0 Å². The number of rotatable bonds is 2. The molecular formula is C19H18N4O2. The molecule has 6 heteroatoms. The second kappa shape index (κ2) is 5.58. The molecule has 1 fully saturated rings. The molecule has 3 aromatic rings. The third-order valence-electron chi connectivity index (χ3n) is 5.29. The maximum absolute atomic E-state index is 12.9. The Morgan fingerprint density at radius 3 is 2.72 bits per heavy atom. The second-order valence-corrected chi connectivity index (χ2v) is 6.73. The number of carbonyl (C=O) groups is 1. The van der Waals surface area contributed by atoms with Gasteiger partial charge in [0, 0.05) is 24.6 Å². The highest BCUT2D eigenvalue weighted by Gasteiger charge is 2.41. The lowest BCUT2D eigenvalue weighted by atomic mass is 10.1. The first-order valence-corrected chi connectivity index (χ1v) is 8.63. The lowest BCUT2D eigenvalue weighted by Crippen LogP contribution is -2.42. The fourth-order valence-electron chi connectivity index (χ4n) is 4.11. The molecule has 2 aliphatic heterocycles. The molecule has 2 unspecified atom stereocenters. The monoisotopic (exact) mass is 334 g/mol. The summed E-state index contributed by atoms with van der Waals surface area (Å²) >= 11 is 0. The lowest BCUT2D eigenvalue weighted by molar-refractivity contribution is 0.0665. The number of hydrogen-bond donors (Lipinski definition) is 0. The largest absolute Gasteiger partial charge is 0.472 e. The van der Waals surface area contributed by atoms with Crippen molar-refractivity contribution < 1.29 is 9.21 Å². The van der Waals surface area contributed by atoms with E-state index in [9.17, 15) is 4.79 Å². The zero-order valence-corrected chi connectivity index (χ0v) is 13.7. The van der Waals surface area contributed by atoms with Gasteiger partial charge < -0.3 is 13.9 Å². The summed E-state index contributed by atoms with van der Waals surface area (Å²) in [4.78, 5) is 15.0. The molecule has 0 radical (unpaired) electrons. The van der Waals surface area contributed by atoms with Crippen LogP contribution in [-0.4, -0.2) is 37.7 Å². The molecule has 6 nitrogen and oxygen atoms in total. The van der Waals surface area contributed by atoms with Gasteiger partial charge in [-0.3, -0.25) is 4.79 Å². The number of hydrogen-bond acceptors (Lipinski definition) is 4. The van der Waals surface area contributed by atoms with Gasteiger partial charge in [0.15, 0.2) is 5.82 Å². The minimum atomic E-state index is 0.0567. The Balaban J connectivity index is 1.51. The van der Waals surface area contributed by atoms with Crippen molar-refractivity contribution in [1.82, 2.24) is 19.7 Å². The smallest absolute Gasteiger partial charge is 0.257 e. The molecule has 25 heavy (non-hydrogen) atoms. The van der Waals surface area contributed by atoms with Crippen LogP contribution in [-0.2, 0) is 13.0 Å². The minimum absolute atomic E-state index is 0.0567. The SMILES string of the molecule is O=C(c1ccoc1)N1C2CCC1Cn1c(nnc1-c1ccccc1)C2. The van der Waals surface area contributed by atoms with E-state index in [1.807, 2.05) is 23.1 Å². The number of fused-ring (bicyclic) bond motifs is 3. The summed E-state index contributed by atoms with van der Waals surface area (Å²) in [7, 11) is 0. The van der Waals surface area contributed by atoms with E-state index in [0.717, 1.165) is 43.0 Å². The van der Waals surface area contributed by atoms with Crippen LogP contribution in [0.1, 0.15) is 29.0 Å². The van der Waals surface area contributed by atoms with Gasteiger partial charge in [0.2, 0.25) is 0 Å². The van der Waals surface area contributed by atoms with Crippen LogP contribution in [0.25, 0.3) is 11.4 Å². The maximum atomic E-state index is 12.9. The Labute approximate surface area is 145 Å². The molecule has 2 bridgehead atoms. The molecule has 0 N–H and O–H groups in total. The first-order chi connectivity index (χ1) is 12.3. The van der Waals surface area contributed by atoms with Crippen molar-refractivity contribution in [2.24, 2.45) is 0 Å². The first-order valence-electron chi connectivity index (χ1n) is 8.63. The average molecular weight is 334 g/mol. The van der Waals surface area contributed by atoms with E-state index >= 15 is 0 Å². The van der Waals surface area contributed by atoms with E-state index in [1.54, 1.807) is 12.3 Å². The molecule has 126 valence electrons. The maximum Gasteiger partial charge on any atom is 0.257 e. The molecule has 0 spiro atoms. The third kappa shape index (κ3) is 2.28. The molecular weight excluding hydrogens is 316 g/mol. The quantitative estimate of drug-likeness (QED) is 0.723. The van der Waals surface area contributed by atoms with Crippen molar-refractivity contribution in [3.63, 3.8) is 0 Å². The molecule has 1 saturated heterocycles. The van der Waals surface area contributed by atoms with Gasteiger partial charge in [-0.2, -0.15) is 0 Å². The van der Waals surface area contributed by atoms with E-state index in [-0.39, 0.29) is 18.0 Å². The van der Waals surface area contributed by atoms with Crippen LogP contribution in [0.4, 0.5) is 0 Å². The summed E-state index contributed by atoms with van der Waals surface area (Å²) < 4.78 is 7.29. The van der Waals surface area contributed by atoms with Gasteiger partial charge in [-0.05, 0) is 18.9 Å². The predicted octanol–water partition coefficient (Wildman–Crippen LogP) is 2.77. The summed E-state index contributed by atoms with van der Waals surface area (Å²) in [5, 5.41) is 8.85. The zero-order valence-electron chi connectivity index (χ0n) is 13.7. The highest BCUT2D eigenvalue weighted by atomic mass is 16.3. The van der Waals surface area contributed by atoms with Gasteiger partial charge in [-0.1, -0.05) is 30.3 Å².